The van der Waals surface area contributed by atoms with Crippen LogP contribution in [0.5, 0.6) is 0 Å². The Labute approximate surface area is 81.5 Å². The quantitative estimate of drug-likeness (QED) is 0.311. The minimum absolute atomic E-state index is 0.264. The molecule has 1 saturated carbocycles. The molecule has 0 aromatic carbocycles. The topological polar surface area (TPSA) is 95.3 Å². The van der Waals surface area contributed by atoms with E-state index in [9.17, 15) is 9.90 Å². The molecule has 1 N–H and O–H groups in total. The van der Waals surface area contributed by atoms with Gasteiger partial charge in [-0.1, -0.05) is 5.11 Å². The molecule has 0 aromatic heterocycles. The van der Waals surface area contributed by atoms with Crippen molar-refractivity contribution in [1.29, 1.82) is 0 Å². The third kappa shape index (κ3) is 2.37. The van der Waals surface area contributed by atoms with E-state index < -0.39 is 12.1 Å². The predicted molar refractivity (Wildman–Crippen MR) is 48.3 cm³/mol. The highest BCUT2D eigenvalue weighted by atomic mass is 16.5. The maximum Gasteiger partial charge on any atom is 0.308 e. The number of nitrogens with zero attached hydrogens (tertiary/aromatic N) is 3. The lowest BCUT2D eigenvalue weighted by molar-refractivity contribution is -0.148. The van der Waals surface area contributed by atoms with Crippen LogP contribution in [0.1, 0.15) is 19.3 Å². The standard InChI is InChI=1S/C8H13N3O3/c1-14-8(13)5-2-3-6(10-11-9)7(12)4-5/h5-7,12H,2-4H2,1H3/t5-,6-,7+/m0/s1. The molecule has 14 heavy (non-hydrogen) atoms. The van der Waals surface area contributed by atoms with E-state index in [1.807, 2.05) is 0 Å². The number of hydrogen-bond acceptors (Lipinski definition) is 4. The van der Waals surface area contributed by atoms with Crippen molar-refractivity contribution in [3.63, 3.8) is 0 Å². The van der Waals surface area contributed by atoms with Gasteiger partial charge in [-0.05, 0) is 24.8 Å². The van der Waals surface area contributed by atoms with Crippen molar-refractivity contribution in [1.82, 2.24) is 0 Å². The van der Waals surface area contributed by atoms with Crippen molar-refractivity contribution in [2.75, 3.05) is 7.11 Å². The number of azide groups is 1. The van der Waals surface area contributed by atoms with Crippen LogP contribution >= 0.6 is 0 Å². The van der Waals surface area contributed by atoms with Crippen LogP contribution in [0.2, 0.25) is 0 Å². The smallest absolute Gasteiger partial charge is 0.308 e. The van der Waals surface area contributed by atoms with E-state index in [0.717, 1.165) is 0 Å². The molecule has 3 atom stereocenters. The Kier molecular flexibility index (Phi) is 3.73. The zero-order valence-electron chi connectivity index (χ0n) is 7.96. The molecule has 1 rings (SSSR count). The van der Waals surface area contributed by atoms with Gasteiger partial charge in [-0.25, -0.2) is 0 Å². The third-order valence-corrected chi connectivity index (χ3v) is 2.52. The summed E-state index contributed by atoms with van der Waals surface area (Å²) < 4.78 is 4.58. The maximum atomic E-state index is 11.1. The minimum atomic E-state index is -0.733. The molecule has 0 unspecified atom stereocenters. The minimum Gasteiger partial charge on any atom is -0.469 e. The maximum absolute atomic E-state index is 11.1. The first-order valence-corrected chi connectivity index (χ1v) is 4.49. The van der Waals surface area contributed by atoms with Gasteiger partial charge in [0.1, 0.15) is 0 Å². The van der Waals surface area contributed by atoms with Gasteiger partial charge in [0.25, 0.3) is 0 Å². The Bertz CT molecular complexity index is 263. The average molecular weight is 199 g/mol. The second kappa shape index (κ2) is 4.83. The molecular formula is C8H13N3O3. The number of aliphatic hydroxyl groups excluding tert-OH is 1. The van der Waals surface area contributed by atoms with Gasteiger partial charge in [0, 0.05) is 4.91 Å². The molecule has 0 aliphatic heterocycles. The normalized spacial score (nSPS) is 31.7. The average Bonchev–Trinajstić information content (AvgIpc) is 2.20. The number of esters is 1. The lowest BCUT2D eigenvalue weighted by Crippen LogP contribution is -2.35. The van der Waals surface area contributed by atoms with E-state index in [1.165, 1.54) is 7.11 Å². The first-order chi connectivity index (χ1) is 6.69. The van der Waals surface area contributed by atoms with Gasteiger partial charge in [-0.15, -0.1) is 0 Å². The summed E-state index contributed by atoms with van der Waals surface area (Å²) in [4.78, 5) is 13.8. The summed E-state index contributed by atoms with van der Waals surface area (Å²) in [5.41, 5.74) is 8.21. The molecule has 0 bridgehead atoms. The molecule has 0 spiro atoms. The molecule has 78 valence electrons. The van der Waals surface area contributed by atoms with Gasteiger partial charge in [-0.2, -0.15) is 0 Å². The van der Waals surface area contributed by atoms with Crippen LogP contribution in [-0.2, 0) is 9.53 Å². The summed E-state index contributed by atoms with van der Waals surface area (Å²) in [6, 6.07) is -0.402. The van der Waals surface area contributed by atoms with Gasteiger partial charge in [0.05, 0.1) is 25.2 Å². The molecule has 0 heterocycles. The van der Waals surface area contributed by atoms with Crippen molar-refractivity contribution in [2.45, 2.75) is 31.4 Å². The van der Waals surface area contributed by atoms with Crippen molar-refractivity contribution in [3.05, 3.63) is 10.4 Å². The highest BCUT2D eigenvalue weighted by molar-refractivity contribution is 5.72. The number of hydrogen-bond donors (Lipinski definition) is 1. The lowest BCUT2D eigenvalue weighted by atomic mass is 9.84. The Balaban J connectivity index is 2.54. The van der Waals surface area contributed by atoms with Crippen LogP contribution in [0.4, 0.5) is 0 Å². The molecule has 6 nitrogen and oxygen atoms in total. The second-order valence-electron chi connectivity index (χ2n) is 3.37. The van der Waals surface area contributed by atoms with Gasteiger partial charge in [0.2, 0.25) is 0 Å². The number of methoxy groups -OCH3 is 1. The van der Waals surface area contributed by atoms with E-state index in [2.05, 4.69) is 14.8 Å². The van der Waals surface area contributed by atoms with Gasteiger partial charge < -0.3 is 9.84 Å². The van der Waals surface area contributed by atoms with Crippen LogP contribution in [0, 0.1) is 5.92 Å². The molecule has 6 heteroatoms. The Morgan fingerprint density at radius 3 is 2.86 bits per heavy atom. The molecule has 0 aromatic rings. The number of rotatable bonds is 2. The van der Waals surface area contributed by atoms with Crippen molar-refractivity contribution in [3.8, 4) is 0 Å². The van der Waals surface area contributed by atoms with Crippen LogP contribution < -0.4 is 0 Å². The van der Waals surface area contributed by atoms with Crippen molar-refractivity contribution >= 4 is 5.97 Å². The number of carbonyl (C=O) groups excluding carboxylic acids is 1. The molecule has 0 amide bonds. The van der Waals surface area contributed by atoms with Crippen LogP contribution in [0.25, 0.3) is 10.4 Å². The summed E-state index contributed by atoms with van der Waals surface area (Å²) in [7, 11) is 1.33. The van der Waals surface area contributed by atoms with E-state index in [-0.39, 0.29) is 11.9 Å². The summed E-state index contributed by atoms with van der Waals surface area (Å²) in [5, 5.41) is 13.0. The summed E-state index contributed by atoms with van der Waals surface area (Å²) in [6.45, 7) is 0. The van der Waals surface area contributed by atoms with Crippen LogP contribution in [0.3, 0.4) is 0 Å². The summed E-state index contributed by atoms with van der Waals surface area (Å²) >= 11 is 0. The Hall–Kier alpha value is -1.26. The van der Waals surface area contributed by atoms with Crippen molar-refractivity contribution < 1.29 is 14.6 Å². The number of aliphatic hydroxyl groups is 1. The van der Waals surface area contributed by atoms with Gasteiger partial charge in [0.15, 0.2) is 0 Å². The fraction of sp³-hybridized carbons (Fsp3) is 0.875. The highest BCUT2D eigenvalue weighted by Crippen LogP contribution is 2.27. The summed E-state index contributed by atoms with van der Waals surface area (Å²) in [5.74, 6) is -0.566. The fourth-order valence-corrected chi connectivity index (χ4v) is 1.71. The molecule has 0 radical (unpaired) electrons. The first kappa shape index (κ1) is 10.8. The van der Waals surface area contributed by atoms with Gasteiger partial charge >= 0.3 is 5.97 Å². The van der Waals surface area contributed by atoms with E-state index >= 15 is 0 Å². The molecule has 1 aliphatic rings. The highest BCUT2D eigenvalue weighted by Gasteiger charge is 2.32. The largest absolute Gasteiger partial charge is 0.469 e. The third-order valence-electron chi connectivity index (χ3n) is 2.52. The van der Waals surface area contributed by atoms with Crippen LogP contribution in [0.15, 0.2) is 5.11 Å². The number of carbonyl (C=O) groups is 1. The van der Waals surface area contributed by atoms with Gasteiger partial charge in [-0.3, -0.25) is 4.79 Å². The number of ether oxygens (including phenoxy) is 1. The van der Waals surface area contributed by atoms with E-state index in [1.54, 1.807) is 0 Å². The Morgan fingerprint density at radius 1 is 1.64 bits per heavy atom. The second-order valence-corrected chi connectivity index (χ2v) is 3.37. The van der Waals surface area contributed by atoms with Crippen LogP contribution in [-0.4, -0.2) is 30.3 Å². The van der Waals surface area contributed by atoms with Crippen molar-refractivity contribution in [2.24, 2.45) is 11.0 Å². The molecule has 1 aliphatic carbocycles. The zero-order chi connectivity index (χ0) is 10.6. The molecule has 0 saturated heterocycles. The van der Waals surface area contributed by atoms with E-state index in [0.29, 0.717) is 19.3 Å². The first-order valence-electron chi connectivity index (χ1n) is 4.49. The Morgan fingerprint density at radius 2 is 2.36 bits per heavy atom. The molecular weight excluding hydrogens is 186 g/mol. The zero-order valence-corrected chi connectivity index (χ0v) is 7.96. The fourth-order valence-electron chi connectivity index (χ4n) is 1.71. The monoisotopic (exact) mass is 199 g/mol. The van der Waals surface area contributed by atoms with E-state index in [4.69, 9.17) is 5.53 Å². The lowest BCUT2D eigenvalue weighted by Gasteiger charge is -2.28. The SMILES string of the molecule is COC(=O)[C@H]1CC[C@H](N=[N+]=[N-])[C@H](O)C1. The summed E-state index contributed by atoms with van der Waals surface area (Å²) in [6.07, 6.45) is 0.721. The molecule has 1 fully saturated rings. The predicted octanol–water partition coefficient (Wildman–Crippen LogP) is 0.999.